The first-order valence-corrected chi connectivity index (χ1v) is 5.93. The number of ether oxygens (including phenoxy) is 1. The second kappa shape index (κ2) is 5.71. The number of hydrogen-bond acceptors (Lipinski definition) is 2. The molecule has 0 aromatic heterocycles. The maximum absolute atomic E-state index is 10.9. The average molecular weight is 236 g/mol. The molecule has 0 spiro atoms. The average Bonchev–Trinajstić information content (AvgIpc) is 2.27. The van der Waals surface area contributed by atoms with Crippen LogP contribution >= 0.6 is 0 Å². The summed E-state index contributed by atoms with van der Waals surface area (Å²) in [5.74, 6) is 0.424. The summed E-state index contributed by atoms with van der Waals surface area (Å²) in [4.78, 5) is 10.9. The van der Waals surface area contributed by atoms with Crippen LogP contribution < -0.4 is 4.74 Å². The van der Waals surface area contributed by atoms with E-state index in [1.165, 1.54) is 0 Å². The van der Waals surface area contributed by atoms with Crippen molar-refractivity contribution in [3.8, 4) is 5.75 Å². The van der Waals surface area contributed by atoms with E-state index in [0.29, 0.717) is 18.1 Å². The highest BCUT2D eigenvalue weighted by atomic mass is 16.5. The number of rotatable bonds is 5. The minimum Gasteiger partial charge on any atom is -0.493 e. The van der Waals surface area contributed by atoms with Gasteiger partial charge in [0.2, 0.25) is 0 Å². The van der Waals surface area contributed by atoms with Crippen LogP contribution in [0.2, 0.25) is 0 Å². The number of carboxylic acid groups (broad SMARTS) is 1. The highest BCUT2D eigenvalue weighted by Crippen LogP contribution is 2.25. The molecular weight excluding hydrogens is 216 g/mol. The summed E-state index contributed by atoms with van der Waals surface area (Å²) in [5.41, 5.74) is 2.08. The Hall–Kier alpha value is -1.51. The molecule has 0 saturated carbocycles. The molecule has 1 aromatic carbocycles. The molecule has 0 fully saturated rings. The van der Waals surface area contributed by atoms with Crippen molar-refractivity contribution in [1.82, 2.24) is 0 Å². The van der Waals surface area contributed by atoms with Crippen molar-refractivity contribution in [3.63, 3.8) is 0 Å². The monoisotopic (exact) mass is 236 g/mol. The first kappa shape index (κ1) is 13.6. The SMILES string of the molecule is CCC(C)COc1c(C)cc(C(=O)O)cc1C. The molecule has 0 aliphatic heterocycles. The standard InChI is InChI=1S/C14H20O3/c1-5-9(2)8-17-13-10(3)6-12(14(15)16)7-11(13)4/h6-7,9H,5,8H2,1-4H3,(H,15,16). The minimum atomic E-state index is -0.898. The van der Waals surface area contributed by atoms with Crippen LogP contribution in [0.15, 0.2) is 12.1 Å². The molecule has 1 atom stereocenters. The molecule has 1 rings (SSSR count). The molecule has 0 heterocycles. The molecule has 0 radical (unpaired) electrons. The lowest BCUT2D eigenvalue weighted by Gasteiger charge is -2.15. The summed E-state index contributed by atoms with van der Waals surface area (Å²) in [6.07, 6.45) is 1.07. The third kappa shape index (κ3) is 3.48. The normalized spacial score (nSPS) is 12.2. The summed E-state index contributed by atoms with van der Waals surface area (Å²) in [7, 11) is 0. The van der Waals surface area contributed by atoms with Gasteiger partial charge in [0.1, 0.15) is 5.75 Å². The fourth-order valence-corrected chi connectivity index (χ4v) is 1.64. The Balaban J connectivity index is 2.90. The van der Waals surface area contributed by atoms with E-state index in [4.69, 9.17) is 9.84 Å². The third-order valence-corrected chi connectivity index (χ3v) is 2.92. The van der Waals surface area contributed by atoms with Crippen LogP contribution in [0.4, 0.5) is 0 Å². The van der Waals surface area contributed by atoms with Gasteiger partial charge in [-0.2, -0.15) is 0 Å². The number of carbonyl (C=O) groups is 1. The zero-order valence-electron chi connectivity index (χ0n) is 10.9. The van der Waals surface area contributed by atoms with Crippen molar-refractivity contribution in [2.24, 2.45) is 5.92 Å². The van der Waals surface area contributed by atoms with E-state index in [1.54, 1.807) is 12.1 Å². The molecule has 0 aliphatic rings. The minimum absolute atomic E-state index is 0.316. The molecule has 3 heteroatoms. The highest BCUT2D eigenvalue weighted by Gasteiger charge is 2.11. The number of aryl methyl sites for hydroxylation is 2. The quantitative estimate of drug-likeness (QED) is 0.852. The van der Waals surface area contributed by atoms with Gasteiger partial charge in [0, 0.05) is 0 Å². The lowest BCUT2D eigenvalue weighted by molar-refractivity contribution is 0.0696. The van der Waals surface area contributed by atoms with Crippen LogP contribution in [0, 0.1) is 19.8 Å². The van der Waals surface area contributed by atoms with Crippen LogP contribution in [0.3, 0.4) is 0 Å². The summed E-state index contributed by atoms with van der Waals surface area (Å²) in [6.45, 7) is 8.69. The van der Waals surface area contributed by atoms with Crippen LogP contribution in [-0.2, 0) is 0 Å². The smallest absolute Gasteiger partial charge is 0.335 e. The van der Waals surface area contributed by atoms with Crippen molar-refractivity contribution in [2.75, 3.05) is 6.61 Å². The Morgan fingerprint density at radius 1 is 1.35 bits per heavy atom. The molecule has 3 nitrogen and oxygen atoms in total. The zero-order chi connectivity index (χ0) is 13.0. The van der Waals surface area contributed by atoms with Gasteiger partial charge in [-0.25, -0.2) is 4.79 Å². The predicted molar refractivity (Wildman–Crippen MR) is 67.8 cm³/mol. The Kier molecular flexibility index (Phi) is 4.55. The lowest BCUT2D eigenvalue weighted by Crippen LogP contribution is -2.09. The maximum atomic E-state index is 10.9. The van der Waals surface area contributed by atoms with Gasteiger partial charge in [0.25, 0.3) is 0 Å². The van der Waals surface area contributed by atoms with Gasteiger partial charge in [0.05, 0.1) is 12.2 Å². The molecule has 1 aromatic rings. The largest absolute Gasteiger partial charge is 0.493 e. The molecule has 0 saturated heterocycles. The van der Waals surface area contributed by atoms with Crippen LogP contribution in [0.5, 0.6) is 5.75 Å². The summed E-state index contributed by atoms with van der Waals surface area (Å²) < 4.78 is 5.76. The molecule has 0 amide bonds. The summed E-state index contributed by atoms with van der Waals surface area (Å²) in [5, 5.41) is 8.94. The first-order valence-electron chi connectivity index (χ1n) is 5.93. The van der Waals surface area contributed by atoms with Crippen molar-refractivity contribution in [2.45, 2.75) is 34.1 Å². The summed E-state index contributed by atoms with van der Waals surface area (Å²) in [6, 6.07) is 3.31. The third-order valence-electron chi connectivity index (χ3n) is 2.92. The summed E-state index contributed by atoms with van der Waals surface area (Å²) >= 11 is 0. The van der Waals surface area contributed by atoms with Crippen molar-refractivity contribution in [3.05, 3.63) is 28.8 Å². The predicted octanol–water partition coefficient (Wildman–Crippen LogP) is 3.43. The van der Waals surface area contributed by atoms with Gasteiger partial charge in [-0.15, -0.1) is 0 Å². The maximum Gasteiger partial charge on any atom is 0.335 e. The molecule has 94 valence electrons. The lowest BCUT2D eigenvalue weighted by atomic mass is 10.1. The molecule has 1 N–H and O–H groups in total. The Morgan fingerprint density at radius 2 is 1.88 bits per heavy atom. The molecule has 17 heavy (non-hydrogen) atoms. The van der Waals surface area contributed by atoms with Gasteiger partial charge >= 0.3 is 5.97 Å². The topological polar surface area (TPSA) is 46.5 Å². The number of carboxylic acids is 1. The highest BCUT2D eigenvalue weighted by molar-refractivity contribution is 5.88. The fraction of sp³-hybridized carbons (Fsp3) is 0.500. The van der Waals surface area contributed by atoms with Crippen LogP contribution in [0.1, 0.15) is 41.8 Å². The number of benzene rings is 1. The second-order valence-electron chi connectivity index (χ2n) is 4.57. The van der Waals surface area contributed by atoms with Gasteiger partial charge in [-0.05, 0) is 43.0 Å². The molecule has 0 aliphatic carbocycles. The van der Waals surface area contributed by atoms with E-state index in [-0.39, 0.29) is 0 Å². The van der Waals surface area contributed by atoms with Gasteiger partial charge < -0.3 is 9.84 Å². The van der Waals surface area contributed by atoms with E-state index in [2.05, 4.69) is 13.8 Å². The molecule has 1 unspecified atom stereocenters. The van der Waals surface area contributed by atoms with E-state index in [9.17, 15) is 4.79 Å². The fourth-order valence-electron chi connectivity index (χ4n) is 1.64. The van der Waals surface area contributed by atoms with Gasteiger partial charge in [-0.1, -0.05) is 20.3 Å². The van der Waals surface area contributed by atoms with Crippen molar-refractivity contribution >= 4 is 5.97 Å². The van der Waals surface area contributed by atoms with E-state index in [0.717, 1.165) is 23.3 Å². The van der Waals surface area contributed by atoms with Gasteiger partial charge in [-0.3, -0.25) is 0 Å². The van der Waals surface area contributed by atoms with Gasteiger partial charge in [0.15, 0.2) is 0 Å². The van der Waals surface area contributed by atoms with E-state index >= 15 is 0 Å². The Morgan fingerprint density at radius 3 is 2.29 bits per heavy atom. The van der Waals surface area contributed by atoms with Crippen molar-refractivity contribution < 1.29 is 14.6 Å². The van der Waals surface area contributed by atoms with Crippen LogP contribution in [-0.4, -0.2) is 17.7 Å². The molecule has 0 bridgehead atoms. The van der Waals surface area contributed by atoms with Crippen LogP contribution in [0.25, 0.3) is 0 Å². The Bertz CT molecular complexity index is 387. The Labute approximate surface area is 102 Å². The van der Waals surface area contributed by atoms with E-state index < -0.39 is 5.97 Å². The second-order valence-corrected chi connectivity index (χ2v) is 4.57. The van der Waals surface area contributed by atoms with Crippen molar-refractivity contribution in [1.29, 1.82) is 0 Å². The zero-order valence-corrected chi connectivity index (χ0v) is 10.9. The molecular formula is C14H20O3. The van der Waals surface area contributed by atoms with E-state index in [1.807, 2.05) is 13.8 Å². The number of aromatic carboxylic acids is 1. The first-order chi connectivity index (χ1) is 7.95. The number of hydrogen-bond donors (Lipinski definition) is 1.